The van der Waals surface area contributed by atoms with Crippen molar-refractivity contribution in [2.24, 2.45) is 5.73 Å². The molecule has 0 saturated heterocycles. The van der Waals surface area contributed by atoms with Gasteiger partial charge in [-0.05, 0) is 32.9 Å². The van der Waals surface area contributed by atoms with E-state index in [0.717, 1.165) is 43.3 Å². The minimum atomic E-state index is -0.0627. The number of benzene rings is 1. The Morgan fingerprint density at radius 1 is 1.32 bits per heavy atom. The Morgan fingerprint density at radius 3 is 2.58 bits per heavy atom. The summed E-state index contributed by atoms with van der Waals surface area (Å²) in [7, 11) is 1.68. The molecule has 1 aromatic carbocycles. The highest BCUT2D eigenvalue weighted by Crippen LogP contribution is 2.33. The number of ether oxygens (including phenoxy) is 2. The molecule has 0 fully saturated rings. The van der Waals surface area contributed by atoms with Gasteiger partial charge in [0.2, 0.25) is 0 Å². The Morgan fingerprint density at radius 2 is 2.05 bits per heavy atom. The van der Waals surface area contributed by atoms with E-state index in [0.29, 0.717) is 0 Å². The van der Waals surface area contributed by atoms with Crippen LogP contribution in [0.4, 0.5) is 5.69 Å². The number of rotatable bonds is 8. The number of methoxy groups -OCH3 is 1. The minimum absolute atomic E-state index is 0.0627. The first kappa shape index (κ1) is 15.8. The minimum Gasteiger partial charge on any atom is -0.496 e. The zero-order valence-corrected chi connectivity index (χ0v) is 12.5. The van der Waals surface area contributed by atoms with Gasteiger partial charge < -0.3 is 20.1 Å². The molecule has 0 heterocycles. The molecule has 0 radical (unpaired) electrons. The van der Waals surface area contributed by atoms with Gasteiger partial charge in [0, 0.05) is 37.0 Å². The van der Waals surface area contributed by atoms with E-state index in [1.54, 1.807) is 7.11 Å². The second-order valence-corrected chi connectivity index (χ2v) is 4.46. The van der Waals surface area contributed by atoms with Crippen molar-refractivity contribution in [2.75, 3.05) is 38.3 Å². The number of hydrogen-bond donors (Lipinski definition) is 1. The van der Waals surface area contributed by atoms with Crippen LogP contribution < -0.4 is 15.4 Å². The number of anilines is 1. The lowest BCUT2D eigenvalue weighted by Crippen LogP contribution is -2.29. The second-order valence-electron chi connectivity index (χ2n) is 4.46. The third-order valence-corrected chi connectivity index (χ3v) is 3.15. The van der Waals surface area contributed by atoms with Crippen molar-refractivity contribution in [1.82, 2.24) is 0 Å². The smallest absolute Gasteiger partial charge is 0.125 e. The van der Waals surface area contributed by atoms with Crippen LogP contribution in [0.5, 0.6) is 5.75 Å². The zero-order valence-electron chi connectivity index (χ0n) is 12.5. The van der Waals surface area contributed by atoms with E-state index in [4.69, 9.17) is 15.2 Å². The van der Waals surface area contributed by atoms with Crippen molar-refractivity contribution in [3.63, 3.8) is 0 Å². The van der Waals surface area contributed by atoms with Gasteiger partial charge in [-0.1, -0.05) is 6.07 Å². The van der Waals surface area contributed by atoms with E-state index in [9.17, 15) is 0 Å². The molecular formula is C15H26N2O2. The summed E-state index contributed by atoms with van der Waals surface area (Å²) in [6.07, 6.45) is 0. The molecular weight excluding hydrogens is 240 g/mol. The molecule has 108 valence electrons. The zero-order chi connectivity index (χ0) is 14.3. The van der Waals surface area contributed by atoms with Crippen LogP contribution >= 0.6 is 0 Å². The van der Waals surface area contributed by atoms with Gasteiger partial charge in [0.1, 0.15) is 5.75 Å². The van der Waals surface area contributed by atoms with Gasteiger partial charge in [-0.15, -0.1) is 0 Å². The third kappa shape index (κ3) is 4.11. The molecule has 0 saturated carbocycles. The van der Waals surface area contributed by atoms with Crippen LogP contribution in [0, 0.1) is 0 Å². The molecule has 0 aliphatic rings. The van der Waals surface area contributed by atoms with Gasteiger partial charge in [0.15, 0.2) is 0 Å². The molecule has 0 aliphatic carbocycles. The van der Waals surface area contributed by atoms with E-state index in [-0.39, 0.29) is 6.04 Å². The van der Waals surface area contributed by atoms with E-state index in [1.165, 1.54) is 0 Å². The van der Waals surface area contributed by atoms with Crippen molar-refractivity contribution in [3.05, 3.63) is 23.8 Å². The lowest BCUT2D eigenvalue weighted by Gasteiger charge is -2.28. The Labute approximate surface area is 116 Å². The summed E-state index contributed by atoms with van der Waals surface area (Å²) >= 11 is 0. The molecule has 0 spiro atoms. The number of nitrogens with zero attached hydrogens (tertiary/aromatic N) is 1. The van der Waals surface area contributed by atoms with Crippen molar-refractivity contribution >= 4 is 5.69 Å². The highest BCUT2D eigenvalue weighted by Gasteiger charge is 2.16. The van der Waals surface area contributed by atoms with Gasteiger partial charge in [-0.2, -0.15) is 0 Å². The molecule has 4 heteroatoms. The number of hydrogen-bond acceptors (Lipinski definition) is 4. The molecule has 2 N–H and O–H groups in total. The Balaban J connectivity index is 3.01. The first-order chi connectivity index (χ1) is 9.15. The van der Waals surface area contributed by atoms with Crippen LogP contribution in [0.15, 0.2) is 18.2 Å². The summed E-state index contributed by atoms with van der Waals surface area (Å²) in [6, 6.07) is 5.99. The van der Waals surface area contributed by atoms with Gasteiger partial charge >= 0.3 is 0 Å². The summed E-state index contributed by atoms with van der Waals surface area (Å²) in [4.78, 5) is 2.27. The van der Waals surface area contributed by atoms with Gasteiger partial charge in [-0.25, -0.2) is 0 Å². The monoisotopic (exact) mass is 266 g/mol. The van der Waals surface area contributed by atoms with E-state index in [1.807, 2.05) is 26.0 Å². The molecule has 1 unspecified atom stereocenters. The maximum absolute atomic E-state index is 6.10. The van der Waals surface area contributed by atoms with Crippen molar-refractivity contribution in [1.29, 1.82) is 0 Å². The molecule has 0 bridgehead atoms. The molecule has 0 amide bonds. The third-order valence-electron chi connectivity index (χ3n) is 3.15. The predicted molar refractivity (Wildman–Crippen MR) is 80.0 cm³/mol. The molecule has 1 rings (SSSR count). The predicted octanol–water partition coefficient (Wildman–Crippen LogP) is 2.58. The Bertz CT molecular complexity index is 380. The lowest BCUT2D eigenvalue weighted by atomic mass is 10.0. The van der Waals surface area contributed by atoms with Crippen molar-refractivity contribution in [3.8, 4) is 5.75 Å². The highest BCUT2D eigenvalue weighted by atomic mass is 16.5. The van der Waals surface area contributed by atoms with Crippen LogP contribution in [0.2, 0.25) is 0 Å². The fourth-order valence-electron chi connectivity index (χ4n) is 2.21. The number of nitrogens with two attached hydrogens (primary N) is 1. The fourth-order valence-corrected chi connectivity index (χ4v) is 2.21. The quantitative estimate of drug-likeness (QED) is 0.735. The van der Waals surface area contributed by atoms with Gasteiger partial charge in [-0.3, -0.25) is 0 Å². The van der Waals surface area contributed by atoms with Crippen LogP contribution in [0.25, 0.3) is 0 Å². The van der Waals surface area contributed by atoms with E-state index >= 15 is 0 Å². The molecule has 0 aliphatic heterocycles. The molecule has 0 aromatic heterocycles. The molecule has 4 nitrogen and oxygen atoms in total. The summed E-state index contributed by atoms with van der Waals surface area (Å²) in [6.45, 7) is 9.37. The summed E-state index contributed by atoms with van der Waals surface area (Å²) in [5.74, 6) is 0.849. The Hall–Kier alpha value is -1.26. The van der Waals surface area contributed by atoms with Crippen LogP contribution in [0.1, 0.15) is 32.4 Å². The van der Waals surface area contributed by atoms with E-state index in [2.05, 4.69) is 17.9 Å². The first-order valence-electron chi connectivity index (χ1n) is 6.90. The summed E-state index contributed by atoms with van der Waals surface area (Å²) in [5, 5.41) is 0. The number of likely N-dealkylation sites (N-methyl/N-ethyl adjacent to an activating group) is 1. The van der Waals surface area contributed by atoms with Crippen LogP contribution in [-0.4, -0.2) is 33.4 Å². The van der Waals surface area contributed by atoms with Crippen molar-refractivity contribution in [2.45, 2.75) is 26.8 Å². The Kier molecular flexibility index (Phi) is 6.67. The summed E-state index contributed by atoms with van der Waals surface area (Å²) in [5.41, 5.74) is 8.29. The highest BCUT2D eigenvalue weighted by molar-refractivity contribution is 5.60. The van der Waals surface area contributed by atoms with Crippen molar-refractivity contribution < 1.29 is 9.47 Å². The maximum Gasteiger partial charge on any atom is 0.125 e. The van der Waals surface area contributed by atoms with Crippen LogP contribution in [-0.2, 0) is 4.74 Å². The topological polar surface area (TPSA) is 47.7 Å². The van der Waals surface area contributed by atoms with Crippen LogP contribution in [0.3, 0.4) is 0 Å². The molecule has 1 aromatic rings. The average Bonchev–Trinajstić information content (AvgIpc) is 2.42. The standard InChI is InChI=1S/C15H26N2O2/c1-5-17(10-11-19-6-2)13-8-7-9-14(18-4)15(13)12(3)16/h7-9,12H,5-6,10-11,16H2,1-4H3. The second kappa shape index (κ2) is 8.02. The van der Waals surface area contributed by atoms with Gasteiger partial charge in [0.05, 0.1) is 13.7 Å². The first-order valence-corrected chi connectivity index (χ1v) is 6.90. The molecule has 19 heavy (non-hydrogen) atoms. The normalized spacial score (nSPS) is 12.3. The average molecular weight is 266 g/mol. The summed E-state index contributed by atoms with van der Waals surface area (Å²) < 4.78 is 10.9. The lowest BCUT2D eigenvalue weighted by molar-refractivity contribution is 0.154. The fraction of sp³-hybridized carbons (Fsp3) is 0.600. The molecule has 1 atom stereocenters. The SMILES string of the molecule is CCOCCN(CC)c1cccc(OC)c1C(C)N. The van der Waals surface area contributed by atoms with E-state index < -0.39 is 0 Å². The largest absolute Gasteiger partial charge is 0.496 e. The maximum atomic E-state index is 6.10. The van der Waals surface area contributed by atoms with Gasteiger partial charge in [0.25, 0.3) is 0 Å².